The average molecular weight is 338 g/mol. The van der Waals surface area contributed by atoms with Gasteiger partial charge in [0.15, 0.2) is 0 Å². The second-order valence-corrected chi connectivity index (χ2v) is 7.46. The maximum Gasteiger partial charge on any atom is 0.237 e. The van der Waals surface area contributed by atoms with E-state index in [1.807, 2.05) is 4.90 Å². The van der Waals surface area contributed by atoms with E-state index in [2.05, 4.69) is 32.0 Å². The topological polar surface area (TPSA) is 49.8 Å². The van der Waals surface area contributed by atoms with Crippen molar-refractivity contribution in [2.24, 2.45) is 5.92 Å². The Kier molecular flexibility index (Phi) is 4.68. The normalized spacial score (nSPS) is 24.9. The van der Waals surface area contributed by atoms with E-state index >= 15 is 0 Å². The van der Waals surface area contributed by atoms with Crippen LogP contribution in [0.5, 0.6) is 0 Å². The van der Waals surface area contributed by atoms with Gasteiger partial charge in [-0.1, -0.05) is 18.2 Å². The van der Waals surface area contributed by atoms with Gasteiger partial charge in [0.25, 0.3) is 0 Å². The zero-order valence-electron chi connectivity index (χ0n) is 13.7. The quantitative estimate of drug-likeness (QED) is 0.840. The van der Waals surface area contributed by atoms with Crippen molar-refractivity contribution in [2.75, 3.05) is 12.4 Å². The number of rotatable bonds is 5. The average Bonchev–Trinajstić information content (AvgIpc) is 2.79. The molecule has 0 bridgehead atoms. The van der Waals surface area contributed by atoms with Crippen LogP contribution >= 0.6 is 11.6 Å². The number of fused-ring (bicyclic) bond motifs is 1. The number of halogens is 1. The third kappa shape index (κ3) is 3.54. The molecule has 5 heteroatoms. The van der Waals surface area contributed by atoms with Crippen LogP contribution in [0.25, 0.3) is 0 Å². The van der Waals surface area contributed by atoms with Crippen molar-refractivity contribution in [1.29, 1.82) is 0 Å². The van der Waals surface area contributed by atoms with Crippen LogP contribution in [0.1, 0.15) is 43.4 Å². The fraction of sp³-hybridized carbons (Fsp3) is 0.611. The summed E-state index contributed by atoms with van der Waals surface area (Å²) in [5.41, 5.74) is 3.29. The van der Waals surface area contributed by atoms with E-state index < -0.39 is 0 Å². The van der Waals surface area contributed by atoms with Gasteiger partial charge in [0.2, 0.25) is 5.91 Å². The molecule has 1 aromatic carbocycles. The van der Waals surface area contributed by atoms with Gasteiger partial charge in [-0.25, -0.2) is 0 Å². The van der Waals surface area contributed by atoms with Crippen molar-refractivity contribution < 1.29 is 14.6 Å². The molecule has 1 aromatic rings. The minimum atomic E-state index is -0.235. The van der Waals surface area contributed by atoms with Gasteiger partial charge in [-0.2, -0.15) is 0 Å². The van der Waals surface area contributed by atoms with E-state index in [0.29, 0.717) is 25.6 Å². The first-order valence-corrected chi connectivity index (χ1v) is 8.70. The monoisotopic (exact) mass is 337 g/mol. The Bertz CT molecular complexity index is 596. The van der Waals surface area contributed by atoms with Crippen molar-refractivity contribution in [1.82, 2.24) is 4.90 Å². The highest BCUT2D eigenvalue weighted by Crippen LogP contribution is 2.36. The summed E-state index contributed by atoms with van der Waals surface area (Å²) in [7, 11) is 0. The lowest BCUT2D eigenvalue weighted by atomic mass is 9.82. The fourth-order valence-corrected chi connectivity index (χ4v) is 3.68. The summed E-state index contributed by atoms with van der Waals surface area (Å²) in [6.45, 7) is 6.00. The number of carbonyl (C=O) groups excluding carboxylic acids is 1. The first-order valence-electron chi connectivity index (χ1n) is 8.17. The summed E-state index contributed by atoms with van der Waals surface area (Å²) in [5, 5.41) is 9.43. The summed E-state index contributed by atoms with van der Waals surface area (Å²) < 4.78 is 5.81. The van der Waals surface area contributed by atoms with Crippen LogP contribution in [0.15, 0.2) is 18.2 Å². The van der Waals surface area contributed by atoms with E-state index in [4.69, 9.17) is 16.3 Å². The van der Waals surface area contributed by atoms with Crippen LogP contribution < -0.4 is 0 Å². The zero-order valence-corrected chi connectivity index (χ0v) is 14.5. The molecule has 1 amide bonds. The van der Waals surface area contributed by atoms with Gasteiger partial charge in [-0.3, -0.25) is 4.79 Å². The summed E-state index contributed by atoms with van der Waals surface area (Å²) >= 11 is 5.76. The standard InChI is InChI=1S/C18H24ClNO3/c1-18(2)16-4-3-12(5-14(16)11-23-18)9-20(17(22)8-19)10-13-6-15(21)7-13/h3-5,13,15,21H,6-11H2,1-2H3. The van der Waals surface area contributed by atoms with Crippen molar-refractivity contribution in [3.63, 3.8) is 0 Å². The smallest absolute Gasteiger partial charge is 0.237 e. The molecule has 0 radical (unpaired) electrons. The molecule has 0 saturated heterocycles. The van der Waals surface area contributed by atoms with Gasteiger partial charge in [0, 0.05) is 13.1 Å². The molecule has 1 heterocycles. The molecule has 3 rings (SSSR count). The number of ether oxygens (including phenoxy) is 1. The molecule has 1 saturated carbocycles. The summed E-state index contributed by atoms with van der Waals surface area (Å²) in [5.74, 6) is 0.329. The van der Waals surface area contributed by atoms with Crippen LogP contribution in [0, 0.1) is 5.92 Å². The molecular formula is C18H24ClNO3. The van der Waals surface area contributed by atoms with Crippen LogP contribution in [0.2, 0.25) is 0 Å². The predicted molar refractivity (Wildman–Crippen MR) is 89.1 cm³/mol. The largest absolute Gasteiger partial charge is 0.393 e. The molecule has 4 nitrogen and oxygen atoms in total. The Hall–Kier alpha value is -1.10. The number of nitrogens with zero attached hydrogens (tertiary/aromatic N) is 1. The molecule has 1 aliphatic carbocycles. The zero-order chi connectivity index (χ0) is 16.6. The predicted octanol–water partition coefficient (Wildman–Crippen LogP) is 2.79. The third-order valence-electron chi connectivity index (χ3n) is 4.94. The highest BCUT2D eigenvalue weighted by atomic mass is 35.5. The molecule has 1 aliphatic heterocycles. The lowest BCUT2D eigenvalue weighted by Crippen LogP contribution is -2.41. The number of benzene rings is 1. The maximum atomic E-state index is 12.1. The summed E-state index contributed by atoms with van der Waals surface area (Å²) in [6.07, 6.45) is 1.35. The second-order valence-electron chi connectivity index (χ2n) is 7.19. The molecule has 1 fully saturated rings. The van der Waals surface area contributed by atoms with Crippen molar-refractivity contribution in [3.05, 3.63) is 34.9 Å². The number of alkyl halides is 1. The Morgan fingerprint density at radius 1 is 1.43 bits per heavy atom. The van der Waals surface area contributed by atoms with Crippen molar-refractivity contribution in [2.45, 2.75) is 51.5 Å². The minimum absolute atomic E-state index is 0.00361. The van der Waals surface area contributed by atoms with Crippen LogP contribution in [0.4, 0.5) is 0 Å². The maximum absolute atomic E-state index is 12.1. The first-order chi connectivity index (χ1) is 10.9. The molecule has 0 aromatic heterocycles. The molecule has 0 unspecified atom stereocenters. The summed E-state index contributed by atoms with van der Waals surface area (Å²) in [4.78, 5) is 13.9. The van der Waals surface area contributed by atoms with E-state index in [9.17, 15) is 9.90 Å². The Balaban J connectivity index is 1.71. The Morgan fingerprint density at radius 2 is 2.17 bits per heavy atom. The first kappa shape index (κ1) is 16.7. The fourth-order valence-electron chi connectivity index (χ4n) is 3.51. The molecule has 1 N–H and O–H groups in total. The molecular weight excluding hydrogens is 314 g/mol. The Labute approximate surface area is 142 Å². The number of amides is 1. The minimum Gasteiger partial charge on any atom is -0.393 e. The van der Waals surface area contributed by atoms with E-state index in [-0.39, 0.29) is 23.5 Å². The lowest BCUT2D eigenvalue weighted by Gasteiger charge is -2.35. The van der Waals surface area contributed by atoms with Gasteiger partial charge in [-0.05, 0) is 49.3 Å². The van der Waals surface area contributed by atoms with Crippen LogP contribution in [-0.2, 0) is 28.3 Å². The van der Waals surface area contributed by atoms with E-state index in [0.717, 1.165) is 18.4 Å². The van der Waals surface area contributed by atoms with E-state index in [1.54, 1.807) is 0 Å². The van der Waals surface area contributed by atoms with Crippen LogP contribution in [-0.4, -0.2) is 34.4 Å². The van der Waals surface area contributed by atoms with Gasteiger partial charge in [0.05, 0.1) is 18.3 Å². The molecule has 2 aliphatic rings. The SMILES string of the molecule is CC1(C)OCc2cc(CN(CC3CC(O)C3)C(=O)CCl)ccc21. The number of carbonyl (C=O) groups is 1. The van der Waals surface area contributed by atoms with Crippen molar-refractivity contribution >= 4 is 17.5 Å². The lowest BCUT2D eigenvalue weighted by molar-refractivity contribution is -0.131. The summed E-state index contributed by atoms with van der Waals surface area (Å²) in [6, 6.07) is 6.31. The molecule has 0 spiro atoms. The Morgan fingerprint density at radius 3 is 2.83 bits per heavy atom. The van der Waals surface area contributed by atoms with Crippen LogP contribution in [0.3, 0.4) is 0 Å². The highest BCUT2D eigenvalue weighted by molar-refractivity contribution is 6.27. The van der Waals surface area contributed by atoms with Gasteiger partial charge < -0.3 is 14.7 Å². The number of aliphatic hydroxyl groups is 1. The van der Waals surface area contributed by atoms with Gasteiger partial charge >= 0.3 is 0 Å². The number of hydrogen-bond acceptors (Lipinski definition) is 3. The number of hydrogen-bond donors (Lipinski definition) is 1. The van der Waals surface area contributed by atoms with Gasteiger partial charge in [-0.15, -0.1) is 11.6 Å². The van der Waals surface area contributed by atoms with Crippen molar-refractivity contribution in [3.8, 4) is 0 Å². The second kappa shape index (κ2) is 6.42. The third-order valence-corrected chi connectivity index (χ3v) is 5.17. The molecule has 0 atom stereocenters. The van der Waals surface area contributed by atoms with E-state index in [1.165, 1.54) is 11.1 Å². The van der Waals surface area contributed by atoms with Gasteiger partial charge in [0.1, 0.15) is 5.88 Å². The number of aliphatic hydroxyl groups excluding tert-OH is 1. The molecule has 23 heavy (non-hydrogen) atoms. The molecule has 126 valence electrons. The highest BCUT2D eigenvalue weighted by Gasteiger charge is 2.32.